The fraction of sp³-hybridized carbons (Fsp3) is 0. The van der Waals surface area contributed by atoms with Crippen LogP contribution in [0.15, 0.2) is 58.8 Å². The summed E-state index contributed by atoms with van der Waals surface area (Å²) < 4.78 is 19.5. The third-order valence-corrected chi connectivity index (χ3v) is 4.33. The summed E-state index contributed by atoms with van der Waals surface area (Å²) in [6.45, 7) is 0. The average molecular weight is 339 g/mol. The smallest absolute Gasteiger partial charge is 0.370 e. The first-order valence-electron chi connectivity index (χ1n) is 5.62. The van der Waals surface area contributed by atoms with Crippen LogP contribution in [0.4, 0.5) is 4.20 Å². The maximum atomic E-state index is 13.9. The maximum absolute atomic E-state index is 13.9. The molecule has 0 saturated carbocycles. The summed E-state index contributed by atoms with van der Waals surface area (Å²) in [6, 6.07) is 14.6. The van der Waals surface area contributed by atoms with E-state index >= 15 is 0 Å². The van der Waals surface area contributed by atoms with E-state index in [0.717, 1.165) is 21.4 Å². The van der Waals surface area contributed by atoms with Crippen molar-refractivity contribution < 1.29 is 13.6 Å². The van der Waals surface area contributed by atoms with Crippen molar-refractivity contribution in [2.24, 2.45) is 0 Å². The van der Waals surface area contributed by atoms with Gasteiger partial charge in [-0.15, -0.1) is 0 Å². The molecule has 3 rings (SSSR count). The van der Waals surface area contributed by atoms with Crippen LogP contribution in [0.2, 0.25) is 0 Å². The van der Waals surface area contributed by atoms with Crippen LogP contribution in [0.5, 0.6) is 5.75 Å². The zero-order valence-electron chi connectivity index (χ0n) is 9.72. The summed E-state index contributed by atoms with van der Waals surface area (Å²) in [7, 11) is -4.24. The van der Waals surface area contributed by atoms with Crippen LogP contribution in [0.3, 0.4) is 0 Å². The molecule has 0 fully saturated rings. The van der Waals surface area contributed by atoms with Gasteiger partial charge in [-0.05, 0) is 21.9 Å². The Bertz CT molecular complexity index is 656. The summed E-state index contributed by atoms with van der Waals surface area (Å²) in [5.74, 6) is 1.38. The van der Waals surface area contributed by atoms with Crippen molar-refractivity contribution in [1.29, 1.82) is 0 Å². The molecule has 2 aromatic carbocycles. The largest absolute Gasteiger partial charge is 0.616 e. The summed E-state index contributed by atoms with van der Waals surface area (Å²) in [5, 5.41) is 0. The van der Waals surface area contributed by atoms with Gasteiger partial charge in [0.2, 0.25) is 0 Å². The predicted octanol–water partition coefficient (Wildman–Crippen LogP) is 4.32. The molecule has 0 aliphatic carbocycles. The van der Waals surface area contributed by atoms with Crippen molar-refractivity contribution in [2.45, 2.75) is 0 Å². The molecule has 0 amide bonds. The molecule has 0 aromatic heterocycles. The Balaban J connectivity index is 2.20. The number of fused-ring (bicyclic) bond motifs is 1. The first kappa shape index (κ1) is 12.8. The zero-order chi connectivity index (χ0) is 13.5. The molecule has 19 heavy (non-hydrogen) atoms. The van der Waals surface area contributed by atoms with Gasteiger partial charge in [0.15, 0.2) is 5.75 Å². The second-order valence-corrected chi connectivity index (χ2v) is 6.56. The van der Waals surface area contributed by atoms with Gasteiger partial charge in [-0.2, -0.15) is 0 Å². The van der Waals surface area contributed by atoms with Crippen molar-refractivity contribution >= 4 is 29.5 Å². The van der Waals surface area contributed by atoms with E-state index in [2.05, 4.69) is 15.9 Å². The van der Waals surface area contributed by atoms with Gasteiger partial charge < -0.3 is 9.42 Å². The minimum absolute atomic E-state index is 0.293. The van der Waals surface area contributed by atoms with Crippen LogP contribution in [0.25, 0.3) is 5.57 Å². The topological polar surface area (TPSA) is 32.3 Å². The van der Waals surface area contributed by atoms with Gasteiger partial charge in [0, 0.05) is 21.7 Å². The molecular formula is C14H9BrFO2P. The number of hydrogen-bond acceptors (Lipinski definition) is 2. The van der Waals surface area contributed by atoms with E-state index in [0.29, 0.717) is 11.3 Å². The van der Waals surface area contributed by atoms with E-state index < -0.39 is 8.03 Å². The van der Waals surface area contributed by atoms with Crippen LogP contribution in [-0.2, 0) is 0 Å². The van der Waals surface area contributed by atoms with Crippen LogP contribution < -0.4 is 9.42 Å². The highest BCUT2D eigenvalue weighted by molar-refractivity contribution is 9.10. The van der Waals surface area contributed by atoms with Gasteiger partial charge in [0.1, 0.15) is 5.82 Å². The van der Waals surface area contributed by atoms with Gasteiger partial charge in [-0.25, -0.2) is 0 Å². The highest BCUT2D eigenvalue weighted by Gasteiger charge is 2.36. The Morgan fingerprint density at radius 3 is 2.58 bits per heavy atom. The lowest BCUT2D eigenvalue weighted by Gasteiger charge is -2.24. The normalized spacial score (nSPS) is 21.3. The second kappa shape index (κ2) is 4.71. The summed E-state index contributed by atoms with van der Waals surface area (Å²) in [6.07, 6.45) is 0. The Morgan fingerprint density at radius 2 is 1.84 bits per heavy atom. The van der Waals surface area contributed by atoms with E-state index in [1.165, 1.54) is 0 Å². The standard InChI is InChI=1S/C14H9BrFO2P/c15-11-6-7-12-13(10-4-2-1-3-5-10)9-19(16,17)18-14(12)8-11/h1-9H. The SMILES string of the molecule is [O-][P+]1(F)C=C(c2ccccc2)c2ccc(Br)cc2O1. The molecule has 1 atom stereocenters. The molecule has 5 heteroatoms. The van der Waals surface area contributed by atoms with E-state index in [1.807, 2.05) is 42.5 Å². The average Bonchev–Trinajstić information content (AvgIpc) is 2.37. The highest BCUT2D eigenvalue weighted by atomic mass is 79.9. The minimum Gasteiger partial charge on any atom is -0.616 e. The lowest BCUT2D eigenvalue weighted by Crippen LogP contribution is -2.13. The monoisotopic (exact) mass is 338 g/mol. The number of rotatable bonds is 1. The van der Waals surface area contributed by atoms with Gasteiger partial charge in [0.25, 0.3) is 0 Å². The van der Waals surface area contributed by atoms with Crippen molar-refractivity contribution in [3.05, 3.63) is 69.9 Å². The van der Waals surface area contributed by atoms with Crippen LogP contribution in [-0.4, -0.2) is 0 Å². The van der Waals surface area contributed by atoms with Crippen LogP contribution >= 0.6 is 24.0 Å². The Hall–Kier alpha value is -1.22. The van der Waals surface area contributed by atoms with Gasteiger partial charge >= 0.3 is 8.03 Å². The predicted molar refractivity (Wildman–Crippen MR) is 76.3 cm³/mol. The Kier molecular flexibility index (Phi) is 3.17. The molecule has 0 radical (unpaired) electrons. The second-order valence-electron chi connectivity index (χ2n) is 4.16. The minimum atomic E-state index is -4.24. The van der Waals surface area contributed by atoms with Crippen LogP contribution in [0.1, 0.15) is 11.1 Å². The summed E-state index contributed by atoms with van der Waals surface area (Å²) in [5.41, 5.74) is 2.14. The van der Waals surface area contributed by atoms with Gasteiger partial charge in [-0.1, -0.05) is 46.3 Å². The molecule has 2 nitrogen and oxygen atoms in total. The van der Waals surface area contributed by atoms with E-state index in [-0.39, 0.29) is 0 Å². The molecule has 0 N–H and O–H groups in total. The van der Waals surface area contributed by atoms with E-state index in [9.17, 15) is 9.09 Å². The highest BCUT2D eigenvalue weighted by Crippen LogP contribution is 2.61. The fourth-order valence-corrected chi connectivity index (χ4v) is 3.43. The Morgan fingerprint density at radius 1 is 1.11 bits per heavy atom. The van der Waals surface area contributed by atoms with Crippen molar-refractivity contribution in [1.82, 2.24) is 0 Å². The summed E-state index contributed by atoms with van der Waals surface area (Å²) in [4.78, 5) is 11.7. The number of hydrogen-bond donors (Lipinski definition) is 0. The molecule has 1 aliphatic rings. The lowest BCUT2D eigenvalue weighted by molar-refractivity contribution is -0.193. The summed E-state index contributed by atoms with van der Waals surface area (Å²) >= 11 is 3.29. The van der Waals surface area contributed by atoms with Gasteiger partial charge in [-0.3, -0.25) is 0 Å². The van der Waals surface area contributed by atoms with Crippen LogP contribution in [0, 0.1) is 0 Å². The molecule has 96 valence electrons. The van der Waals surface area contributed by atoms with Crippen molar-refractivity contribution in [3.8, 4) is 5.75 Å². The third-order valence-electron chi connectivity index (χ3n) is 2.82. The van der Waals surface area contributed by atoms with E-state index in [1.54, 1.807) is 6.07 Å². The quantitative estimate of drug-likeness (QED) is 0.725. The molecular weight excluding hydrogens is 330 g/mol. The first-order chi connectivity index (χ1) is 9.05. The van der Waals surface area contributed by atoms with Crippen molar-refractivity contribution in [3.63, 3.8) is 0 Å². The maximum Gasteiger partial charge on any atom is 0.370 e. The number of benzene rings is 2. The molecule has 1 unspecified atom stereocenters. The number of halogens is 2. The molecule has 0 saturated heterocycles. The van der Waals surface area contributed by atoms with E-state index in [4.69, 9.17) is 4.52 Å². The fourth-order valence-electron chi connectivity index (χ4n) is 2.03. The first-order valence-corrected chi connectivity index (χ1v) is 8.00. The molecule has 1 heterocycles. The third kappa shape index (κ3) is 2.57. The molecule has 1 aliphatic heterocycles. The molecule has 2 aromatic rings. The zero-order valence-corrected chi connectivity index (χ0v) is 12.2. The molecule has 0 spiro atoms. The Labute approximate surface area is 119 Å². The van der Waals surface area contributed by atoms with Gasteiger partial charge in [0.05, 0.1) is 0 Å². The molecule has 0 bridgehead atoms. The van der Waals surface area contributed by atoms with Crippen molar-refractivity contribution in [2.75, 3.05) is 0 Å². The lowest BCUT2D eigenvalue weighted by atomic mass is 9.99.